The Labute approximate surface area is 432 Å². The standard InChI is InChI=1S/C44H40ClF10N8O12PS/c1-20-3-4-24(35(56-20)29(11-21-9-22(46)12-23(47)10-21)57-30(64)15-61-38-33(37(58-61)44(53,54)55)26-13-27(26)43(38,51)52)25-5-6-28(45)34-36(25)62(18-42(48,49)50)59-39(34)63(77(2,72)73)31(65)14-41(7-8-41)17-60(16-32(66)67)40(68)74-19-75-76(69,70)71/h3-6,9-10,12,26-27,29H,7-8,11,13-19H2,1-2H3,(H,57,64)(H,66,67)(H2,69,70,71)/t26-,27+,29-/m0/s1. The molecule has 3 amide bonds. The zero-order valence-electron chi connectivity index (χ0n) is 39.5. The number of carbonyl (C=O) groups excluding carboxylic acids is 3. The molecule has 8 rings (SSSR count). The molecule has 2 fully saturated rings. The van der Waals surface area contributed by atoms with E-state index in [0.29, 0.717) is 17.2 Å². The fourth-order valence-corrected chi connectivity index (χ4v) is 10.8. The van der Waals surface area contributed by atoms with E-state index in [4.69, 9.17) is 21.4 Å². The first-order chi connectivity index (χ1) is 35.6. The van der Waals surface area contributed by atoms with Crippen LogP contribution in [0.15, 0.2) is 42.5 Å². The number of nitrogens with zero attached hydrogens (tertiary/aromatic N) is 7. The van der Waals surface area contributed by atoms with Gasteiger partial charge in [0.2, 0.25) is 28.6 Å². The maximum absolute atomic E-state index is 15.5. The second kappa shape index (κ2) is 20.1. The number of carboxylic acid groups (broad SMARTS) is 1. The lowest BCUT2D eigenvalue weighted by Gasteiger charge is -2.27. The van der Waals surface area contributed by atoms with Crippen molar-refractivity contribution in [2.45, 2.75) is 82.4 Å². The monoisotopic (exact) mass is 1160 g/mol. The van der Waals surface area contributed by atoms with E-state index < -0.39 is 179 Å². The van der Waals surface area contributed by atoms with Gasteiger partial charge in [0.25, 0.3) is 5.92 Å². The molecule has 2 saturated carbocycles. The van der Waals surface area contributed by atoms with Gasteiger partial charge in [-0.05, 0) is 73.8 Å². The summed E-state index contributed by atoms with van der Waals surface area (Å²) in [4.78, 5) is 75.8. The van der Waals surface area contributed by atoms with E-state index in [1.165, 1.54) is 19.1 Å². The number of phosphoric acid groups is 1. The van der Waals surface area contributed by atoms with Crippen molar-refractivity contribution in [2.75, 3.05) is 30.4 Å². The molecule has 416 valence electrons. The number of rotatable bonds is 19. The Hall–Kier alpha value is -6.40. The van der Waals surface area contributed by atoms with E-state index in [0.717, 1.165) is 24.3 Å². The molecule has 0 bridgehead atoms. The smallest absolute Gasteiger partial charge is 0.472 e. The van der Waals surface area contributed by atoms with Gasteiger partial charge in [0.15, 0.2) is 11.5 Å². The van der Waals surface area contributed by atoms with Crippen LogP contribution in [0.1, 0.15) is 71.5 Å². The number of alkyl halides is 8. The molecule has 3 aliphatic carbocycles. The van der Waals surface area contributed by atoms with Gasteiger partial charge in [-0.3, -0.25) is 33.6 Å². The molecule has 5 aromatic rings. The van der Waals surface area contributed by atoms with Crippen molar-refractivity contribution in [3.05, 3.63) is 93.0 Å². The number of nitrogens with one attached hydrogen (secondary N) is 1. The summed E-state index contributed by atoms with van der Waals surface area (Å²) in [5.41, 5.74) is -6.57. The van der Waals surface area contributed by atoms with Crippen molar-refractivity contribution in [2.24, 2.45) is 11.3 Å². The van der Waals surface area contributed by atoms with Gasteiger partial charge < -0.3 is 24.9 Å². The Morgan fingerprint density at radius 3 is 2.22 bits per heavy atom. The van der Waals surface area contributed by atoms with Gasteiger partial charge >= 0.3 is 32.2 Å². The largest absolute Gasteiger partial charge is 0.480 e. The molecule has 0 aliphatic heterocycles. The van der Waals surface area contributed by atoms with Crippen molar-refractivity contribution in [1.82, 2.24) is 34.8 Å². The third kappa shape index (κ3) is 12.3. The minimum Gasteiger partial charge on any atom is -0.480 e. The summed E-state index contributed by atoms with van der Waals surface area (Å²) in [7, 11) is -10.1. The molecule has 77 heavy (non-hydrogen) atoms. The van der Waals surface area contributed by atoms with Crippen LogP contribution in [0, 0.1) is 29.9 Å². The predicted octanol–water partition coefficient (Wildman–Crippen LogP) is 7.48. The Bertz CT molecular complexity index is 3380. The Balaban J connectivity index is 1.21. The number of amides is 3. The Kier molecular flexibility index (Phi) is 14.8. The van der Waals surface area contributed by atoms with E-state index in [-0.39, 0.29) is 61.0 Å². The van der Waals surface area contributed by atoms with Crippen molar-refractivity contribution < 1.29 is 100 Å². The van der Waals surface area contributed by atoms with Gasteiger partial charge in [0, 0.05) is 47.3 Å². The number of phosphoric ester groups is 1. The molecule has 4 N–H and O–H groups in total. The molecule has 2 aromatic carbocycles. The molecule has 3 atom stereocenters. The molecular formula is C44H40ClF10N8O12PS. The zero-order chi connectivity index (χ0) is 56.7. The number of aliphatic carboxylic acids is 1. The quantitative estimate of drug-likeness (QED) is 0.0355. The summed E-state index contributed by atoms with van der Waals surface area (Å²) in [5, 5.41) is 18.1. The Morgan fingerprint density at radius 1 is 0.987 bits per heavy atom. The van der Waals surface area contributed by atoms with Gasteiger partial charge in [0.05, 0.1) is 33.9 Å². The fourth-order valence-electron chi connectivity index (χ4n) is 9.54. The number of hydrogen-bond donors (Lipinski definition) is 4. The van der Waals surface area contributed by atoms with E-state index in [1.807, 2.05) is 0 Å². The molecule has 20 nitrogen and oxygen atoms in total. The second-order valence-corrected chi connectivity index (χ2v) is 22.2. The zero-order valence-corrected chi connectivity index (χ0v) is 42.0. The number of aryl methyl sites for hydroxylation is 1. The maximum Gasteiger partial charge on any atom is 0.472 e. The number of pyridine rings is 1. The molecular weight excluding hydrogens is 1120 g/mol. The molecule has 0 saturated heterocycles. The molecule has 3 aromatic heterocycles. The van der Waals surface area contributed by atoms with Gasteiger partial charge in [-0.1, -0.05) is 23.7 Å². The fraction of sp³-hybridized carbons (Fsp3) is 0.432. The highest BCUT2D eigenvalue weighted by atomic mass is 35.5. The van der Waals surface area contributed by atoms with Crippen LogP contribution in [-0.2, 0) is 69.8 Å². The minimum absolute atomic E-state index is 0.0161. The van der Waals surface area contributed by atoms with Crippen LogP contribution in [0.3, 0.4) is 0 Å². The van der Waals surface area contributed by atoms with Crippen LogP contribution in [0.4, 0.5) is 54.5 Å². The summed E-state index contributed by atoms with van der Waals surface area (Å²) in [6, 6.07) is 5.22. The first-order valence-electron chi connectivity index (χ1n) is 22.5. The molecule has 3 aliphatic rings. The van der Waals surface area contributed by atoms with E-state index in [9.17, 15) is 72.4 Å². The van der Waals surface area contributed by atoms with Gasteiger partial charge in [-0.2, -0.15) is 49.6 Å². The lowest BCUT2D eigenvalue weighted by molar-refractivity contribution is -0.143. The number of carbonyl (C=O) groups is 4. The van der Waals surface area contributed by atoms with Gasteiger partial charge in [-0.15, -0.1) is 0 Å². The van der Waals surface area contributed by atoms with Crippen LogP contribution in [-0.4, -0.2) is 109 Å². The van der Waals surface area contributed by atoms with Crippen molar-refractivity contribution in [1.29, 1.82) is 0 Å². The number of benzene rings is 2. The first-order valence-corrected chi connectivity index (χ1v) is 26.2. The molecule has 0 spiro atoms. The number of fused-ring (bicyclic) bond motifs is 4. The third-order valence-electron chi connectivity index (χ3n) is 12.8. The summed E-state index contributed by atoms with van der Waals surface area (Å²) in [6.45, 7) is -4.99. The summed E-state index contributed by atoms with van der Waals surface area (Å²) < 4.78 is 194. The SMILES string of the molecule is Cc1ccc(-c2ccc(Cl)c3c(N(C(=O)CC4(CN(CC(=O)O)C(=O)OCOP(=O)(O)O)CC4)S(C)(=O)=O)nn(CC(F)(F)F)c23)c([C@H](Cc2cc(F)cc(F)c2)NC(=O)Cn2nc(C(F)(F)F)c3c2C(F)(F)[C@@H]2C[C@H]32)n1. The average molecular weight is 1160 g/mol. The second-order valence-electron chi connectivity index (χ2n) is 18.7. The van der Waals surface area contributed by atoms with Crippen LogP contribution < -0.4 is 9.62 Å². The van der Waals surface area contributed by atoms with E-state index in [2.05, 4.69) is 29.8 Å². The number of sulfonamides is 1. The summed E-state index contributed by atoms with van der Waals surface area (Å²) in [6.07, 6.45) is -13.1. The third-order valence-corrected chi connectivity index (χ3v) is 14.6. The highest BCUT2D eigenvalue weighted by Crippen LogP contribution is 2.68. The molecule has 0 radical (unpaired) electrons. The van der Waals surface area contributed by atoms with Crippen LogP contribution in [0.5, 0.6) is 0 Å². The Morgan fingerprint density at radius 2 is 1.64 bits per heavy atom. The van der Waals surface area contributed by atoms with E-state index in [1.54, 1.807) is 0 Å². The minimum atomic E-state index is -5.21. The number of ether oxygens (including phenoxy) is 1. The average Bonchev–Trinajstić information content (AvgIpc) is 4.26. The van der Waals surface area contributed by atoms with Crippen molar-refractivity contribution >= 4 is 70.0 Å². The topological polar surface area (TPSA) is 266 Å². The lowest BCUT2D eigenvalue weighted by Crippen LogP contribution is -2.43. The number of halogens is 11. The number of aromatic nitrogens is 5. The lowest BCUT2D eigenvalue weighted by atomic mass is 9.93. The summed E-state index contributed by atoms with van der Waals surface area (Å²) in [5.74, 6) is -14.1. The van der Waals surface area contributed by atoms with Gasteiger partial charge in [-0.25, -0.2) is 31.1 Å². The molecule has 33 heteroatoms. The van der Waals surface area contributed by atoms with Crippen LogP contribution >= 0.6 is 19.4 Å². The van der Waals surface area contributed by atoms with Crippen LogP contribution in [0.25, 0.3) is 22.0 Å². The number of hydrogen-bond acceptors (Lipinski definition) is 12. The highest BCUT2D eigenvalue weighted by molar-refractivity contribution is 7.92. The normalized spacial score (nSPS) is 17.9. The number of anilines is 1. The van der Waals surface area contributed by atoms with Gasteiger partial charge in [0.1, 0.15) is 37.0 Å². The first kappa shape index (κ1) is 56.8. The van der Waals surface area contributed by atoms with Crippen molar-refractivity contribution in [3.8, 4) is 11.1 Å². The molecule has 3 heterocycles. The highest BCUT2D eigenvalue weighted by Gasteiger charge is 2.68. The maximum atomic E-state index is 15.5. The number of carboxylic acids is 1. The van der Waals surface area contributed by atoms with Crippen LogP contribution in [0.2, 0.25) is 5.02 Å². The van der Waals surface area contributed by atoms with E-state index >= 15 is 8.78 Å². The molecule has 0 unspecified atom stereocenters. The summed E-state index contributed by atoms with van der Waals surface area (Å²) >= 11 is 6.67. The van der Waals surface area contributed by atoms with Crippen molar-refractivity contribution in [3.63, 3.8) is 0 Å². The predicted molar refractivity (Wildman–Crippen MR) is 244 cm³/mol.